The predicted octanol–water partition coefficient (Wildman–Crippen LogP) is 5.48. The lowest BCUT2D eigenvalue weighted by Gasteiger charge is -2.11. The second kappa shape index (κ2) is 10.1. The number of carbonyl (C=O) groups is 1. The molecule has 28 heavy (non-hydrogen) atoms. The first-order valence-electron chi connectivity index (χ1n) is 9.11. The first-order chi connectivity index (χ1) is 13.6. The van der Waals surface area contributed by atoms with Crippen LogP contribution < -0.4 is 10.2 Å². The molecule has 3 aromatic rings. The summed E-state index contributed by atoms with van der Waals surface area (Å²) in [7, 11) is 0. The van der Waals surface area contributed by atoms with Crippen molar-refractivity contribution in [2.75, 3.05) is 0 Å². The van der Waals surface area contributed by atoms with Crippen molar-refractivity contribution in [1.29, 1.82) is 0 Å². The molecule has 0 radical (unpaired) electrons. The minimum absolute atomic E-state index is 0.513. The van der Waals surface area contributed by atoms with Crippen LogP contribution in [0, 0.1) is 6.92 Å². The van der Waals surface area contributed by atoms with Crippen molar-refractivity contribution >= 4 is 29.2 Å². The lowest BCUT2D eigenvalue weighted by atomic mass is 9.98. The zero-order valence-corrected chi connectivity index (χ0v) is 16.8. The van der Waals surface area contributed by atoms with E-state index in [1.165, 1.54) is 0 Å². The number of hydrogen-bond donors (Lipinski definition) is 1. The first-order valence-corrected chi connectivity index (χ1v) is 9.11. The molecule has 1 aromatic carbocycles. The van der Waals surface area contributed by atoms with Crippen molar-refractivity contribution in [3.63, 3.8) is 0 Å². The minimum atomic E-state index is 0.513. The Hall–Kier alpha value is -3.41. The summed E-state index contributed by atoms with van der Waals surface area (Å²) in [6.07, 6.45) is 5.43. The molecule has 1 N–H and O–H groups in total. The number of fused-ring (bicyclic) bond motifs is 1. The maximum Gasteiger partial charge on any atom is 0.230 e. The molecule has 0 aliphatic rings. The van der Waals surface area contributed by atoms with Gasteiger partial charge in [-0.05, 0) is 67.3 Å². The fourth-order valence-electron chi connectivity index (χ4n) is 2.66. The third-order valence-corrected chi connectivity index (χ3v) is 4.14. The van der Waals surface area contributed by atoms with Crippen LogP contribution in [-0.2, 0) is 4.79 Å². The summed E-state index contributed by atoms with van der Waals surface area (Å²) < 4.78 is 11.3. The van der Waals surface area contributed by atoms with Gasteiger partial charge in [0.2, 0.25) is 12.3 Å². The van der Waals surface area contributed by atoms with Crippen molar-refractivity contribution in [2.45, 2.75) is 34.6 Å². The Bertz CT molecular complexity index is 1000. The maximum atomic E-state index is 10.3. The SMILES string of the molecule is CC.CC(/C=N\NC=O)=C(/C)c1ccc(Oc2nccc3occc23)cc1C. The van der Waals surface area contributed by atoms with Gasteiger partial charge in [0.15, 0.2) is 0 Å². The molecule has 0 aliphatic heterocycles. The number of hydrazone groups is 1. The molecule has 6 heteroatoms. The van der Waals surface area contributed by atoms with Crippen LogP contribution >= 0.6 is 0 Å². The van der Waals surface area contributed by atoms with Crippen molar-refractivity contribution in [3.8, 4) is 11.6 Å². The molecule has 2 aromatic heterocycles. The molecule has 0 saturated heterocycles. The van der Waals surface area contributed by atoms with Crippen LogP contribution in [0.4, 0.5) is 0 Å². The van der Waals surface area contributed by atoms with Crippen molar-refractivity contribution in [2.24, 2.45) is 5.10 Å². The van der Waals surface area contributed by atoms with E-state index in [4.69, 9.17) is 9.15 Å². The molecule has 3 rings (SSSR count). The normalized spacial score (nSPS) is 11.6. The van der Waals surface area contributed by atoms with Gasteiger partial charge < -0.3 is 9.15 Å². The van der Waals surface area contributed by atoms with Gasteiger partial charge in [0.05, 0.1) is 17.9 Å². The molecule has 0 bridgehead atoms. The summed E-state index contributed by atoms with van der Waals surface area (Å²) >= 11 is 0. The number of aryl methyl sites for hydroxylation is 1. The van der Waals surface area contributed by atoms with Crippen LogP contribution in [0.1, 0.15) is 38.8 Å². The third kappa shape index (κ3) is 4.85. The predicted molar refractivity (Wildman–Crippen MR) is 113 cm³/mol. The van der Waals surface area contributed by atoms with E-state index < -0.39 is 0 Å². The number of pyridine rings is 1. The van der Waals surface area contributed by atoms with Gasteiger partial charge in [-0.3, -0.25) is 4.79 Å². The Morgan fingerprint density at radius 1 is 1.21 bits per heavy atom. The zero-order valence-electron chi connectivity index (χ0n) is 16.8. The molecule has 1 amide bonds. The number of aromatic nitrogens is 1. The maximum absolute atomic E-state index is 10.3. The van der Waals surface area contributed by atoms with Gasteiger partial charge in [0.25, 0.3) is 0 Å². The zero-order chi connectivity index (χ0) is 20.5. The minimum Gasteiger partial charge on any atom is -0.464 e. The number of allylic oxidation sites excluding steroid dienone is 2. The van der Waals surface area contributed by atoms with Crippen LogP contribution in [0.3, 0.4) is 0 Å². The highest BCUT2D eigenvalue weighted by Crippen LogP contribution is 2.31. The molecule has 6 nitrogen and oxygen atoms in total. The van der Waals surface area contributed by atoms with Crippen molar-refractivity contribution < 1.29 is 13.9 Å². The van der Waals surface area contributed by atoms with E-state index in [-0.39, 0.29) is 0 Å². The molecular formula is C22H25N3O3. The van der Waals surface area contributed by atoms with E-state index in [0.29, 0.717) is 18.0 Å². The van der Waals surface area contributed by atoms with E-state index in [2.05, 4.69) is 15.5 Å². The van der Waals surface area contributed by atoms with Crippen LogP contribution in [0.25, 0.3) is 16.5 Å². The second-order valence-corrected chi connectivity index (χ2v) is 5.84. The average Bonchev–Trinajstić information content (AvgIpc) is 3.19. The molecule has 0 spiro atoms. The molecule has 0 fully saturated rings. The highest BCUT2D eigenvalue weighted by atomic mass is 16.5. The van der Waals surface area contributed by atoms with E-state index in [0.717, 1.165) is 33.2 Å². The first kappa shape index (κ1) is 20.9. The van der Waals surface area contributed by atoms with Gasteiger partial charge >= 0.3 is 0 Å². The number of nitrogens with one attached hydrogen (secondary N) is 1. The fraction of sp³-hybridized carbons (Fsp3) is 0.227. The molecular weight excluding hydrogens is 354 g/mol. The van der Waals surface area contributed by atoms with Gasteiger partial charge in [-0.1, -0.05) is 19.9 Å². The monoisotopic (exact) mass is 379 g/mol. The largest absolute Gasteiger partial charge is 0.464 e. The van der Waals surface area contributed by atoms with Crippen LogP contribution in [-0.4, -0.2) is 17.6 Å². The van der Waals surface area contributed by atoms with Gasteiger partial charge in [0.1, 0.15) is 11.3 Å². The van der Waals surface area contributed by atoms with Crippen molar-refractivity contribution in [3.05, 3.63) is 59.5 Å². The van der Waals surface area contributed by atoms with Gasteiger partial charge in [0, 0.05) is 6.20 Å². The molecule has 0 unspecified atom stereocenters. The van der Waals surface area contributed by atoms with Crippen LogP contribution in [0.15, 0.2) is 57.9 Å². The number of amides is 1. The Kier molecular flexibility index (Phi) is 7.51. The number of carbonyl (C=O) groups excluding carboxylic acids is 1. The van der Waals surface area contributed by atoms with Crippen LogP contribution in [0.5, 0.6) is 11.6 Å². The summed E-state index contributed by atoms with van der Waals surface area (Å²) in [4.78, 5) is 14.6. The lowest BCUT2D eigenvalue weighted by Crippen LogP contribution is -2.01. The van der Waals surface area contributed by atoms with Gasteiger partial charge in [-0.25, -0.2) is 10.4 Å². The number of rotatable bonds is 6. The highest BCUT2D eigenvalue weighted by molar-refractivity contribution is 5.90. The number of furan rings is 1. The van der Waals surface area contributed by atoms with Crippen molar-refractivity contribution in [1.82, 2.24) is 10.4 Å². The Morgan fingerprint density at radius 3 is 2.71 bits per heavy atom. The summed E-state index contributed by atoms with van der Waals surface area (Å²) in [5.74, 6) is 1.22. The number of benzene rings is 1. The topological polar surface area (TPSA) is 76.7 Å². The summed E-state index contributed by atoms with van der Waals surface area (Å²) in [6.45, 7) is 9.98. The van der Waals surface area contributed by atoms with E-state index in [9.17, 15) is 4.79 Å². The van der Waals surface area contributed by atoms with E-state index in [1.807, 2.05) is 58.9 Å². The molecule has 2 heterocycles. The number of hydrogen-bond acceptors (Lipinski definition) is 5. The Morgan fingerprint density at radius 2 is 2.00 bits per heavy atom. The quantitative estimate of drug-likeness (QED) is 0.349. The van der Waals surface area contributed by atoms with Gasteiger partial charge in [-0.15, -0.1) is 0 Å². The molecule has 146 valence electrons. The second-order valence-electron chi connectivity index (χ2n) is 5.84. The summed E-state index contributed by atoms with van der Waals surface area (Å²) in [5, 5.41) is 4.65. The number of ether oxygens (including phenoxy) is 1. The van der Waals surface area contributed by atoms with Crippen LogP contribution in [0.2, 0.25) is 0 Å². The molecule has 0 aliphatic carbocycles. The molecule has 0 saturated carbocycles. The van der Waals surface area contributed by atoms with E-state index in [1.54, 1.807) is 24.7 Å². The lowest BCUT2D eigenvalue weighted by molar-refractivity contribution is -0.109. The Labute approximate surface area is 164 Å². The summed E-state index contributed by atoms with van der Waals surface area (Å²) in [6, 6.07) is 9.50. The summed E-state index contributed by atoms with van der Waals surface area (Å²) in [5.41, 5.74) is 7.19. The Balaban J connectivity index is 0.00000136. The fourth-order valence-corrected chi connectivity index (χ4v) is 2.66. The standard InChI is InChI=1S/C20H19N3O3.C2H6/c1-13-10-16(26-20-18-7-9-25-19(18)6-8-21-20)4-5-17(13)15(3)14(2)11-22-23-12-24;1-2/h4-12H,1-3H3,(H,23,24);1-2H3/b15-14+,22-11-;. The molecule has 0 atom stereocenters. The smallest absolute Gasteiger partial charge is 0.230 e. The number of nitrogens with zero attached hydrogens (tertiary/aromatic N) is 2. The average molecular weight is 379 g/mol. The van der Waals surface area contributed by atoms with Gasteiger partial charge in [-0.2, -0.15) is 5.10 Å². The highest BCUT2D eigenvalue weighted by Gasteiger charge is 2.09. The third-order valence-electron chi connectivity index (χ3n) is 4.14. The van der Waals surface area contributed by atoms with E-state index >= 15 is 0 Å².